The molecule has 346 valence electrons. The number of hydrogen-bond acceptors (Lipinski definition) is 12. The standard InChI is InChI=1S/C45H49F3N6O10S/c1-61-29-17-20-35-32(21-29)36-37(64-35)40(51-38(50-36)25-13-15-26(16-14-25)45(46,47)48)62-30-22-34-39(55)52-44(42(57)53-65(59,60)31-18-19-31)23-27(44)9-5-3-2-4-6-12-33(41(56)54(34)24-30)49-43(58)63-28-10-7-8-11-28/h5,9,13-17,20-21,27-28,30-31,33-34H,2-4,6-8,10-12,18-19,22-24H2,1H3,(H,49,58)(H,52,55)(H,53,57)/b9-5-/t27-,30-,33+,34+,44-/m1/s1. The van der Waals surface area contributed by atoms with Crippen LogP contribution < -0.4 is 24.8 Å². The summed E-state index contributed by atoms with van der Waals surface area (Å²) in [6.45, 7) is -0.208. The second-order valence-electron chi connectivity index (χ2n) is 17.6. The second kappa shape index (κ2) is 17.5. The maximum Gasteiger partial charge on any atom is 0.416 e. The summed E-state index contributed by atoms with van der Waals surface area (Å²) in [6, 6.07) is 6.91. The number of sulfonamides is 1. The Morgan fingerprint density at radius 3 is 2.43 bits per heavy atom. The van der Waals surface area contributed by atoms with Gasteiger partial charge in [0.15, 0.2) is 5.82 Å². The van der Waals surface area contributed by atoms with Gasteiger partial charge in [-0.1, -0.05) is 37.1 Å². The van der Waals surface area contributed by atoms with Gasteiger partial charge in [0.1, 0.15) is 46.7 Å². The zero-order chi connectivity index (χ0) is 45.7. The highest BCUT2D eigenvalue weighted by atomic mass is 32.2. The fraction of sp³-hybridized carbons (Fsp3) is 0.511. The van der Waals surface area contributed by atoms with Crippen molar-refractivity contribution in [2.75, 3.05) is 13.7 Å². The molecule has 5 atom stereocenters. The normalized spacial score (nSPS) is 26.1. The lowest BCUT2D eigenvalue weighted by Gasteiger charge is -2.30. The van der Waals surface area contributed by atoms with Crippen LogP contribution in [0.5, 0.6) is 11.6 Å². The van der Waals surface area contributed by atoms with Gasteiger partial charge in [-0.05, 0) is 94.5 Å². The van der Waals surface area contributed by atoms with Crippen LogP contribution in [0.1, 0.15) is 89.0 Å². The first-order valence-electron chi connectivity index (χ1n) is 22.1. The Morgan fingerprint density at radius 1 is 0.954 bits per heavy atom. The molecule has 0 unspecified atom stereocenters. The Kier molecular flexibility index (Phi) is 11.9. The number of methoxy groups -OCH3 is 1. The molecule has 4 fully saturated rings. The lowest BCUT2D eigenvalue weighted by molar-refractivity contribution is -0.141. The lowest BCUT2D eigenvalue weighted by Crippen LogP contribution is -2.58. The Balaban J connectivity index is 1.07. The quantitative estimate of drug-likeness (QED) is 0.155. The summed E-state index contributed by atoms with van der Waals surface area (Å²) in [7, 11) is -2.50. The molecule has 2 aromatic carbocycles. The highest BCUT2D eigenvalue weighted by molar-refractivity contribution is 7.91. The van der Waals surface area contributed by atoms with Crippen LogP contribution in [0, 0.1) is 5.92 Å². The first-order valence-corrected chi connectivity index (χ1v) is 23.6. The minimum Gasteiger partial charge on any atom is -0.497 e. The fourth-order valence-corrected chi connectivity index (χ4v) is 10.4. The summed E-state index contributed by atoms with van der Waals surface area (Å²) in [4.78, 5) is 67.2. The number of carbonyl (C=O) groups excluding carboxylic acids is 4. The molecule has 20 heteroatoms. The van der Waals surface area contributed by atoms with Gasteiger partial charge in [0, 0.05) is 17.9 Å². The van der Waals surface area contributed by atoms with E-state index >= 15 is 0 Å². The van der Waals surface area contributed by atoms with Crippen molar-refractivity contribution in [2.24, 2.45) is 5.92 Å². The third-order valence-corrected chi connectivity index (χ3v) is 14.8. The van der Waals surface area contributed by atoms with Crippen molar-refractivity contribution in [2.45, 2.75) is 125 Å². The second-order valence-corrected chi connectivity index (χ2v) is 19.5. The first kappa shape index (κ1) is 44.3. The van der Waals surface area contributed by atoms with Crippen molar-refractivity contribution in [1.82, 2.24) is 30.2 Å². The predicted octanol–water partition coefficient (Wildman–Crippen LogP) is 6.46. The van der Waals surface area contributed by atoms with E-state index in [-0.39, 0.29) is 60.3 Å². The molecular formula is C45H49F3N6O10S. The Labute approximate surface area is 372 Å². The number of benzene rings is 2. The van der Waals surface area contributed by atoms with Gasteiger partial charge in [0.2, 0.25) is 27.4 Å². The van der Waals surface area contributed by atoms with E-state index in [4.69, 9.17) is 18.6 Å². The van der Waals surface area contributed by atoms with Gasteiger partial charge in [0.05, 0.1) is 29.9 Å². The van der Waals surface area contributed by atoms with Crippen LogP contribution in [0.2, 0.25) is 0 Å². The van der Waals surface area contributed by atoms with E-state index in [1.165, 1.54) is 24.1 Å². The number of fused-ring (bicyclic) bond motifs is 5. The molecule has 0 bridgehead atoms. The summed E-state index contributed by atoms with van der Waals surface area (Å²) < 4.78 is 92.6. The largest absolute Gasteiger partial charge is 0.497 e. The molecule has 2 aliphatic heterocycles. The highest BCUT2D eigenvalue weighted by Gasteiger charge is 2.62. The number of halogens is 3. The topological polar surface area (TPSA) is 208 Å². The fourth-order valence-electron chi connectivity index (χ4n) is 9.08. The molecule has 9 rings (SSSR count). The maximum atomic E-state index is 14.8. The molecular weight excluding hydrogens is 874 g/mol. The van der Waals surface area contributed by atoms with E-state index in [0.29, 0.717) is 61.7 Å². The van der Waals surface area contributed by atoms with Crippen molar-refractivity contribution in [3.63, 3.8) is 0 Å². The van der Waals surface area contributed by atoms with Crippen molar-refractivity contribution in [1.29, 1.82) is 0 Å². The number of allylic oxidation sites excluding steroid dienone is 1. The molecule has 3 aliphatic carbocycles. The smallest absolute Gasteiger partial charge is 0.416 e. The SMILES string of the molecule is COc1ccc2oc3c(O[C@@H]4C[C@H]5C(=O)N[C@]6(C(=O)NS(=O)(=O)C7CC7)C[C@H]6/C=C\CCCCC[C@H](NC(=O)OC6CCCC6)C(=O)N5C4)nc(-c4ccc(C(F)(F)F)cc4)nc3c2c1. The average molecular weight is 923 g/mol. The van der Waals surface area contributed by atoms with Crippen LogP contribution in [-0.2, 0) is 35.3 Å². The van der Waals surface area contributed by atoms with Gasteiger partial charge in [-0.15, -0.1) is 0 Å². The molecule has 4 heterocycles. The number of rotatable bonds is 9. The summed E-state index contributed by atoms with van der Waals surface area (Å²) in [6.07, 6.45) is 4.05. The van der Waals surface area contributed by atoms with Gasteiger partial charge in [-0.2, -0.15) is 18.2 Å². The molecule has 3 N–H and O–H groups in total. The number of furan rings is 1. The molecule has 1 saturated heterocycles. The van der Waals surface area contributed by atoms with E-state index < -0.39 is 80.5 Å². The number of alkyl halides is 3. The van der Waals surface area contributed by atoms with Gasteiger partial charge in [-0.25, -0.2) is 18.2 Å². The average Bonchev–Trinajstić information content (AvgIpc) is 4.09. The van der Waals surface area contributed by atoms with Crippen LogP contribution in [0.25, 0.3) is 33.5 Å². The summed E-state index contributed by atoms with van der Waals surface area (Å²) in [5.41, 5.74) is -1.54. The predicted molar refractivity (Wildman–Crippen MR) is 228 cm³/mol. The third-order valence-electron chi connectivity index (χ3n) is 12.9. The van der Waals surface area contributed by atoms with Crippen LogP contribution in [0.15, 0.2) is 59.0 Å². The monoisotopic (exact) mass is 922 g/mol. The molecule has 16 nitrogen and oxygen atoms in total. The van der Waals surface area contributed by atoms with Crippen LogP contribution in [-0.4, -0.2) is 95.8 Å². The van der Waals surface area contributed by atoms with Crippen LogP contribution in [0.4, 0.5) is 18.0 Å². The molecule has 5 aliphatic rings. The van der Waals surface area contributed by atoms with Crippen LogP contribution >= 0.6 is 0 Å². The summed E-state index contributed by atoms with van der Waals surface area (Å²) in [5.74, 6) is -2.37. The van der Waals surface area contributed by atoms with Crippen molar-refractivity contribution < 1.29 is 59.4 Å². The third kappa shape index (κ3) is 9.31. The van der Waals surface area contributed by atoms with Crippen molar-refractivity contribution in [3.8, 4) is 23.0 Å². The molecule has 4 aromatic rings. The van der Waals surface area contributed by atoms with Gasteiger partial charge >= 0.3 is 12.3 Å². The van der Waals surface area contributed by atoms with Crippen molar-refractivity contribution in [3.05, 3.63) is 60.2 Å². The number of hydrogen-bond donors (Lipinski definition) is 3. The lowest BCUT2D eigenvalue weighted by atomic mass is 10.0. The summed E-state index contributed by atoms with van der Waals surface area (Å²) in [5, 5.41) is 5.40. The number of nitrogens with one attached hydrogen (secondary N) is 3. The molecule has 4 amide bonds. The van der Waals surface area contributed by atoms with E-state index in [1.54, 1.807) is 18.2 Å². The van der Waals surface area contributed by atoms with E-state index in [1.807, 2.05) is 12.2 Å². The summed E-state index contributed by atoms with van der Waals surface area (Å²) >= 11 is 0. The number of alkyl carbamates (subject to hydrolysis) is 1. The Bertz CT molecular complexity index is 2650. The number of carbonyl (C=O) groups is 4. The number of amides is 4. The van der Waals surface area contributed by atoms with E-state index in [2.05, 4.69) is 25.3 Å². The van der Waals surface area contributed by atoms with Gasteiger partial charge in [0.25, 0.3) is 11.8 Å². The van der Waals surface area contributed by atoms with E-state index in [0.717, 1.165) is 31.4 Å². The molecule has 3 saturated carbocycles. The zero-order valence-electron chi connectivity index (χ0n) is 35.5. The van der Waals surface area contributed by atoms with Gasteiger partial charge < -0.3 is 34.2 Å². The zero-order valence-corrected chi connectivity index (χ0v) is 36.3. The van der Waals surface area contributed by atoms with E-state index in [9.17, 15) is 40.8 Å². The number of ether oxygens (including phenoxy) is 3. The molecule has 2 aromatic heterocycles. The molecule has 65 heavy (non-hydrogen) atoms. The number of aromatic nitrogens is 2. The molecule has 0 radical (unpaired) electrons. The molecule has 0 spiro atoms. The minimum absolute atomic E-state index is 0.000352. The van der Waals surface area contributed by atoms with Gasteiger partial charge in [-0.3, -0.25) is 19.1 Å². The Hall–Kier alpha value is -5.92. The highest BCUT2D eigenvalue weighted by Crippen LogP contribution is 2.46. The first-order chi connectivity index (χ1) is 31.1. The maximum absolute atomic E-state index is 14.8. The van der Waals surface area contributed by atoms with Crippen LogP contribution in [0.3, 0.4) is 0 Å². The number of nitrogens with zero attached hydrogens (tertiary/aromatic N) is 3. The Morgan fingerprint density at radius 2 is 1.71 bits per heavy atom. The van der Waals surface area contributed by atoms with Crippen molar-refractivity contribution >= 4 is 55.9 Å². The minimum atomic E-state index is -4.58.